The molecule has 0 radical (unpaired) electrons. The standard InChI is InChI=1S/C19H20NO3S/c1-19(24-3,18(21)23-2)15-10-8-13(9-11-15)17-12-14-6-4-5-7-16(14)20(17)22/h4-11,17H,12H2,1-3H3/q-1. The van der Waals surface area contributed by atoms with Gasteiger partial charge in [-0.1, -0.05) is 42.5 Å². The van der Waals surface area contributed by atoms with Gasteiger partial charge in [-0.05, 0) is 42.4 Å². The largest absolute Gasteiger partial charge is 0.758 e. The third kappa shape index (κ3) is 2.68. The molecule has 1 aliphatic heterocycles. The van der Waals surface area contributed by atoms with E-state index >= 15 is 0 Å². The van der Waals surface area contributed by atoms with Crippen LogP contribution in [0, 0.1) is 5.21 Å². The van der Waals surface area contributed by atoms with Crippen LogP contribution in [0.25, 0.3) is 0 Å². The Labute approximate surface area is 146 Å². The Hall–Kier alpha value is -1.98. The number of rotatable bonds is 4. The predicted octanol–water partition coefficient (Wildman–Crippen LogP) is 4.04. The zero-order valence-corrected chi connectivity index (χ0v) is 14.8. The van der Waals surface area contributed by atoms with Gasteiger partial charge in [-0.2, -0.15) is 0 Å². The third-order valence-corrected chi connectivity index (χ3v) is 5.97. The molecule has 1 heterocycles. The Morgan fingerprint density at radius 1 is 1.25 bits per heavy atom. The van der Waals surface area contributed by atoms with Gasteiger partial charge in [0.2, 0.25) is 0 Å². The number of benzene rings is 2. The monoisotopic (exact) mass is 342 g/mol. The minimum absolute atomic E-state index is 0.213. The summed E-state index contributed by atoms with van der Waals surface area (Å²) in [6.45, 7) is 1.85. The summed E-state index contributed by atoms with van der Waals surface area (Å²) < 4.78 is 4.19. The first-order valence-corrected chi connectivity index (χ1v) is 9.02. The smallest absolute Gasteiger partial charge is 0.326 e. The highest BCUT2D eigenvalue weighted by molar-refractivity contribution is 8.00. The van der Waals surface area contributed by atoms with Crippen molar-refractivity contribution < 1.29 is 9.53 Å². The molecule has 126 valence electrons. The summed E-state index contributed by atoms with van der Waals surface area (Å²) in [6.07, 6.45) is 2.59. The highest BCUT2D eigenvalue weighted by atomic mass is 32.2. The summed E-state index contributed by atoms with van der Waals surface area (Å²) in [7, 11) is 1.40. The second kappa shape index (κ2) is 6.49. The van der Waals surface area contributed by atoms with Gasteiger partial charge in [0.15, 0.2) is 0 Å². The van der Waals surface area contributed by atoms with Crippen molar-refractivity contribution in [1.29, 1.82) is 0 Å². The van der Waals surface area contributed by atoms with Crippen molar-refractivity contribution in [3.05, 3.63) is 70.4 Å². The number of thioether (sulfide) groups is 1. The molecule has 4 nitrogen and oxygen atoms in total. The Morgan fingerprint density at radius 2 is 1.92 bits per heavy atom. The van der Waals surface area contributed by atoms with Crippen molar-refractivity contribution in [3.63, 3.8) is 0 Å². The van der Waals surface area contributed by atoms with Crippen molar-refractivity contribution in [2.45, 2.75) is 24.1 Å². The number of fused-ring (bicyclic) bond motifs is 1. The first-order chi connectivity index (χ1) is 11.5. The van der Waals surface area contributed by atoms with Crippen LogP contribution in [0.4, 0.5) is 5.69 Å². The third-order valence-electron chi connectivity index (χ3n) is 4.75. The maximum atomic E-state index is 12.5. The van der Waals surface area contributed by atoms with E-state index in [4.69, 9.17) is 4.74 Å². The Bertz CT molecular complexity index is 747. The van der Waals surface area contributed by atoms with Gasteiger partial charge in [-0.15, -0.1) is 11.8 Å². The van der Waals surface area contributed by atoms with Crippen LogP contribution in [0.15, 0.2) is 48.5 Å². The van der Waals surface area contributed by atoms with Crippen LogP contribution in [-0.4, -0.2) is 19.3 Å². The minimum atomic E-state index is -0.747. The van der Waals surface area contributed by atoms with E-state index in [0.717, 1.165) is 27.4 Å². The Kier molecular flexibility index (Phi) is 4.56. The van der Waals surface area contributed by atoms with E-state index < -0.39 is 4.75 Å². The molecular weight excluding hydrogens is 322 g/mol. The van der Waals surface area contributed by atoms with E-state index in [0.29, 0.717) is 6.42 Å². The molecule has 0 aliphatic carbocycles. The topological polar surface area (TPSA) is 52.6 Å². The zero-order chi connectivity index (χ0) is 17.3. The van der Waals surface area contributed by atoms with Gasteiger partial charge in [0.05, 0.1) is 7.11 Å². The second-order valence-electron chi connectivity index (χ2n) is 6.03. The van der Waals surface area contributed by atoms with Crippen molar-refractivity contribution in [2.24, 2.45) is 0 Å². The number of ether oxygens (including phenoxy) is 1. The van der Waals surface area contributed by atoms with Crippen LogP contribution in [-0.2, 0) is 20.7 Å². The van der Waals surface area contributed by atoms with Crippen LogP contribution in [0.2, 0.25) is 0 Å². The number of esters is 1. The Morgan fingerprint density at radius 3 is 2.50 bits per heavy atom. The van der Waals surface area contributed by atoms with Gasteiger partial charge in [-0.25, -0.2) is 0 Å². The van der Waals surface area contributed by atoms with Crippen LogP contribution in [0.3, 0.4) is 0 Å². The summed E-state index contributed by atoms with van der Waals surface area (Å²) in [5.41, 5.74) is 3.65. The molecule has 0 saturated heterocycles. The van der Waals surface area contributed by atoms with E-state index in [1.54, 1.807) is 0 Å². The molecule has 0 N–H and O–H groups in total. The van der Waals surface area contributed by atoms with Gasteiger partial charge >= 0.3 is 5.97 Å². The van der Waals surface area contributed by atoms with Gasteiger partial charge in [0, 0.05) is 11.7 Å². The zero-order valence-electron chi connectivity index (χ0n) is 14.0. The average Bonchev–Trinajstić information content (AvgIpc) is 2.97. The molecule has 1 aliphatic rings. The summed E-state index contributed by atoms with van der Waals surface area (Å²) in [5.74, 6) is -0.276. The fourth-order valence-corrected chi connectivity index (χ4v) is 3.77. The Balaban J connectivity index is 1.87. The molecule has 0 saturated carbocycles. The summed E-state index contributed by atoms with van der Waals surface area (Å²) >= 11 is 1.44. The molecule has 2 unspecified atom stereocenters. The maximum absolute atomic E-state index is 12.5. The van der Waals surface area contributed by atoms with Crippen LogP contribution >= 0.6 is 11.8 Å². The highest BCUT2D eigenvalue weighted by Crippen LogP contribution is 2.41. The second-order valence-corrected chi connectivity index (χ2v) is 7.25. The molecule has 3 rings (SSSR count). The molecule has 0 fully saturated rings. The molecule has 24 heavy (non-hydrogen) atoms. The number of anilines is 1. The molecule has 0 amide bonds. The van der Waals surface area contributed by atoms with Gasteiger partial charge in [0.25, 0.3) is 0 Å². The molecule has 0 spiro atoms. The lowest BCUT2D eigenvalue weighted by molar-refractivity contribution is -0.143. The van der Waals surface area contributed by atoms with E-state index in [9.17, 15) is 10.0 Å². The first-order valence-electron chi connectivity index (χ1n) is 7.79. The van der Waals surface area contributed by atoms with Gasteiger partial charge in [-0.3, -0.25) is 4.79 Å². The lowest BCUT2D eigenvalue weighted by Gasteiger charge is -2.34. The first kappa shape index (κ1) is 16.9. The average molecular weight is 342 g/mol. The molecule has 2 aromatic carbocycles. The quantitative estimate of drug-likeness (QED) is 0.785. The maximum Gasteiger partial charge on any atom is 0.326 e. The minimum Gasteiger partial charge on any atom is -0.758 e. The lowest BCUT2D eigenvalue weighted by Crippen LogP contribution is -2.30. The molecule has 2 atom stereocenters. The highest BCUT2D eigenvalue weighted by Gasteiger charge is 2.35. The number of methoxy groups -OCH3 is 1. The van der Waals surface area contributed by atoms with Crippen molar-refractivity contribution >= 4 is 23.4 Å². The van der Waals surface area contributed by atoms with E-state index in [-0.39, 0.29) is 12.0 Å². The van der Waals surface area contributed by atoms with Crippen molar-refractivity contribution in [2.75, 3.05) is 18.4 Å². The summed E-state index contributed by atoms with van der Waals surface area (Å²) in [4.78, 5) is 12.1. The van der Waals surface area contributed by atoms with Crippen molar-refractivity contribution in [3.8, 4) is 0 Å². The summed E-state index contributed by atoms with van der Waals surface area (Å²) in [5, 5.41) is 13.6. The SMILES string of the molecule is COC(=O)C(C)(SC)c1ccc(C2Cc3ccccc3N2[O-])cc1. The lowest BCUT2D eigenvalue weighted by atomic mass is 9.96. The number of carbonyl (C=O) groups excluding carboxylic acids is 1. The van der Waals surface area contributed by atoms with Gasteiger partial charge in [0.1, 0.15) is 4.75 Å². The summed E-state index contributed by atoms with van der Waals surface area (Å²) in [6, 6.07) is 15.2. The fraction of sp³-hybridized carbons (Fsp3) is 0.316. The number of hydroxylamine groups is 1. The number of carbonyl (C=O) groups is 1. The number of para-hydroxylation sites is 1. The van der Waals surface area contributed by atoms with Gasteiger partial charge < -0.3 is 15.0 Å². The fourth-order valence-electron chi connectivity index (χ4n) is 3.15. The normalized spacial score (nSPS) is 18.8. The van der Waals surface area contributed by atoms with Crippen LogP contribution < -0.4 is 5.06 Å². The van der Waals surface area contributed by atoms with E-state index in [1.807, 2.05) is 61.7 Å². The molecule has 2 aromatic rings. The number of hydrogen-bond acceptors (Lipinski definition) is 5. The van der Waals surface area contributed by atoms with Crippen molar-refractivity contribution in [1.82, 2.24) is 0 Å². The van der Waals surface area contributed by atoms with Crippen LogP contribution in [0.5, 0.6) is 0 Å². The molecule has 5 heteroatoms. The molecule has 0 aromatic heterocycles. The number of nitrogens with zero attached hydrogens (tertiary/aromatic N) is 1. The van der Waals surface area contributed by atoms with Crippen LogP contribution in [0.1, 0.15) is 29.7 Å². The van der Waals surface area contributed by atoms with E-state index in [1.165, 1.54) is 18.9 Å². The molecule has 0 bridgehead atoms. The molecular formula is C19H20NO3S-. The predicted molar refractivity (Wildman–Crippen MR) is 98.1 cm³/mol. The number of hydrogen-bond donors (Lipinski definition) is 0. The van der Waals surface area contributed by atoms with E-state index in [2.05, 4.69) is 0 Å².